The maximum atomic E-state index is 12.4. The second-order valence-electron chi connectivity index (χ2n) is 9.05. The normalized spacial score (nSPS) is 21.0. The maximum absolute atomic E-state index is 12.4. The molecule has 1 atom stereocenters. The summed E-state index contributed by atoms with van der Waals surface area (Å²) in [6, 6.07) is 2.17. The van der Waals surface area contributed by atoms with Crippen molar-refractivity contribution < 1.29 is 14.3 Å². The van der Waals surface area contributed by atoms with Crippen molar-refractivity contribution in [3.05, 3.63) is 29.1 Å². The van der Waals surface area contributed by atoms with E-state index in [0.717, 1.165) is 50.8 Å². The summed E-state index contributed by atoms with van der Waals surface area (Å²) in [5.41, 5.74) is 4.62. The highest BCUT2D eigenvalue weighted by Gasteiger charge is 2.30. The Labute approximate surface area is 166 Å². The minimum atomic E-state index is -0.449. The molecule has 4 rings (SSSR count). The lowest BCUT2D eigenvalue weighted by molar-refractivity contribution is 0.0205. The molecule has 1 saturated heterocycles. The number of ether oxygens (including phenoxy) is 2. The van der Waals surface area contributed by atoms with E-state index in [9.17, 15) is 4.79 Å². The number of amides is 1. The van der Waals surface area contributed by atoms with Crippen LogP contribution in [0.3, 0.4) is 0 Å². The molecule has 0 saturated carbocycles. The van der Waals surface area contributed by atoms with Crippen LogP contribution in [0.1, 0.15) is 62.8 Å². The van der Waals surface area contributed by atoms with Crippen molar-refractivity contribution in [2.45, 2.75) is 70.5 Å². The predicted molar refractivity (Wildman–Crippen MR) is 109 cm³/mol. The van der Waals surface area contributed by atoms with E-state index in [4.69, 9.17) is 9.47 Å². The highest BCUT2D eigenvalue weighted by molar-refractivity contribution is 5.86. The molecule has 152 valence electrons. The van der Waals surface area contributed by atoms with E-state index in [1.54, 1.807) is 7.11 Å². The molecule has 1 unspecified atom stereocenters. The molecule has 0 radical (unpaired) electrons. The number of piperidine rings is 1. The number of aryl methyl sites for hydroxylation is 1. The number of aromatic amines is 1. The number of methoxy groups -OCH3 is 1. The molecule has 28 heavy (non-hydrogen) atoms. The Morgan fingerprint density at radius 2 is 2.00 bits per heavy atom. The number of hydrogen-bond donors (Lipinski definition) is 1. The quantitative estimate of drug-likeness (QED) is 0.842. The van der Waals surface area contributed by atoms with Gasteiger partial charge in [0.05, 0.1) is 6.10 Å². The molecule has 0 bridgehead atoms. The van der Waals surface area contributed by atoms with Gasteiger partial charge in [0.15, 0.2) is 0 Å². The highest BCUT2D eigenvalue weighted by Crippen LogP contribution is 2.37. The van der Waals surface area contributed by atoms with Crippen molar-refractivity contribution >= 4 is 17.1 Å². The Hall–Kier alpha value is -2.08. The third kappa shape index (κ3) is 3.75. The molecule has 0 spiro atoms. The van der Waals surface area contributed by atoms with Gasteiger partial charge in [-0.3, -0.25) is 0 Å². The fourth-order valence-corrected chi connectivity index (χ4v) is 4.58. The van der Waals surface area contributed by atoms with Crippen molar-refractivity contribution in [3.8, 4) is 0 Å². The Kier molecular flexibility index (Phi) is 5.08. The van der Waals surface area contributed by atoms with Crippen LogP contribution in [0.2, 0.25) is 0 Å². The van der Waals surface area contributed by atoms with Gasteiger partial charge in [-0.15, -0.1) is 0 Å². The van der Waals surface area contributed by atoms with Gasteiger partial charge in [-0.1, -0.05) is 0 Å². The summed E-state index contributed by atoms with van der Waals surface area (Å²) in [6.45, 7) is 7.21. The molecule has 1 N–H and O–H groups in total. The summed E-state index contributed by atoms with van der Waals surface area (Å²) in [5.74, 6) is 0.448. The smallest absolute Gasteiger partial charge is 0.410 e. The first-order chi connectivity index (χ1) is 13.4. The highest BCUT2D eigenvalue weighted by atomic mass is 16.6. The van der Waals surface area contributed by atoms with Gasteiger partial charge in [0.25, 0.3) is 0 Å². The van der Waals surface area contributed by atoms with E-state index in [2.05, 4.69) is 16.0 Å². The van der Waals surface area contributed by atoms with E-state index in [0.29, 0.717) is 12.0 Å². The molecule has 1 amide bonds. The zero-order valence-corrected chi connectivity index (χ0v) is 17.4. The first-order valence-electron chi connectivity index (χ1n) is 10.3. The third-order valence-corrected chi connectivity index (χ3v) is 5.99. The maximum Gasteiger partial charge on any atom is 0.410 e. The fourth-order valence-electron chi connectivity index (χ4n) is 4.58. The van der Waals surface area contributed by atoms with Crippen molar-refractivity contribution in [2.24, 2.45) is 0 Å². The Morgan fingerprint density at radius 3 is 2.68 bits per heavy atom. The summed E-state index contributed by atoms with van der Waals surface area (Å²) in [4.78, 5) is 22.3. The van der Waals surface area contributed by atoms with Crippen LogP contribution in [0.4, 0.5) is 4.79 Å². The van der Waals surface area contributed by atoms with Crippen LogP contribution in [0, 0.1) is 0 Å². The number of carbonyl (C=O) groups excluding carboxylic acids is 1. The van der Waals surface area contributed by atoms with E-state index in [1.807, 2.05) is 31.9 Å². The molecular formula is C22H31N3O3. The van der Waals surface area contributed by atoms with E-state index < -0.39 is 5.60 Å². The average Bonchev–Trinajstić information content (AvgIpc) is 3.04. The van der Waals surface area contributed by atoms with Crippen molar-refractivity contribution in [1.82, 2.24) is 14.9 Å². The molecule has 2 aromatic heterocycles. The van der Waals surface area contributed by atoms with Crippen LogP contribution < -0.4 is 0 Å². The number of nitrogens with zero attached hydrogens (tertiary/aromatic N) is 2. The fraction of sp³-hybridized carbons (Fsp3) is 0.636. The summed E-state index contributed by atoms with van der Waals surface area (Å²) in [7, 11) is 1.79. The van der Waals surface area contributed by atoms with Gasteiger partial charge in [-0.25, -0.2) is 9.78 Å². The number of rotatable bonds is 2. The number of aromatic nitrogens is 2. The second-order valence-corrected chi connectivity index (χ2v) is 9.05. The number of pyridine rings is 1. The zero-order chi connectivity index (χ0) is 19.9. The van der Waals surface area contributed by atoms with E-state index in [1.165, 1.54) is 22.2 Å². The summed E-state index contributed by atoms with van der Waals surface area (Å²) >= 11 is 0. The van der Waals surface area contributed by atoms with Crippen LogP contribution in [-0.2, 0) is 22.3 Å². The lowest BCUT2D eigenvalue weighted by atomic mass is 9.85. The predicted octanol–water partition coefficient (Wildman–Crippen LogP) is 4.18. The SMILES string of the molecule is COC1CCc2c([nH]c3nccc(C4CCN(C(=O)OC(C)(C)C)CC4)c23)C1. The monoisotopic (exact) mass is 385 g/mol. The zero-order valence-electron chi connectivity index (χ0n) is 17.4. The molecule has 1 aliphatic carbocycles. The van der Waals surface area contributed by atoms with E-state index >= 15 is 0 Å². The van der Waals surface area contributed by atoms with Crippen LogP contribution in [-0.4, -0.2) is 52.9 Å². The largest absolute Gasteiger partial charge is 0.444 e. The molecule has 2 aliphatic rings. The summed E-state index contributed by atoms with van der Waals surface area (Å²) < 4.78 is 11.1. The lowest BCUT2D eigenvalue weighted by Crippen LogP contribution is -2.41. The summed E-state index contributed by atoms with van der Waals surface area (Å²) in [5, 5.41) is 1.31. The van der Waals surface area contributed by atoms with Crippen molar-refractivity contribution in [2.75, 3.05) is 20.2 Å². The number of H-pyrrole nitrogens is 1. The number of nitrogens with one attached hydrogen (secondary N) is 1. The molecule has 6 nitrogen and oxygen atoms in total. The number of fused-ring (bicyclic) bond motifs is 3. The van der Waals surface area contributed by atoms with Crippen molar-refractivity contribution in [1.29, 1.82) is 0 Å². The first kappa shape index (κ1) is 19.2. The third-order valence-electron chi connectivity index (χ3n) is 5.99. The van der Waals surface area contributed by atoms with Gasteiger partial charge >= 0.3 is 6.09 Å². The standard InChI is InChI=1S/C22H31N3O3/c1-22(2,3)28-21(26)25-11-8-14(9-12-25)16-7-10-23-20-19(16)17-6-5-15(27-4)13-18(17)24-20/h7,10,14-15H,5-6,8-9,11-13H2,1-4H3,(H,23,24). The van der Waals surface area contributed by atoms with Gasteiger partial charge in [0.2, 0.25) is 0 Å². The molecule has 0 aromatic carbocycles. The number of hydrogen-bond acceptors (Lipinski definition) is 4. The molecule has 2 aromatic rings. The van der Waals surface area contributed by atoms with Crippen LogP contribution in [0.5, 0.6) is 0 Å². The average molecular weight is 386 g/mol. The van der Waals surface area contributed by atoms with Crippen LogP contribution in [0.25, 0.3) is 11.0 Å². The van der Waals surface area contributed by atoms with E-state index in [-0.39, 0.29) is 6.09 Å². The first-order valence-corrected chi connectivity index (χ1v) is 10.3. The molecule has 1 aliphatic heterocycles. The minimum Gasteiger partial charge on any atom is -0.444 e. The van der Waals surface area contributed by atoms with Gasteiger partial charge < -0.3 is 19.4 Å². The van der Waals surface area contributed by atoms with Crippen molar-refractivity contribution in [3.63, 3.8) is 0 Å². The molecule has 1 fully saturated rings. The number of carbonyl (C=O) groups is 1. The molecular weight excluding hydrogens is 354 g/mol. The second kappa shape index (κ2) is 7.39. The van der Waals surface area contributed by atoms with Gasteiger partial charge in [0.1, 0.15) is 11.2 Å². The Morgan fingerprint density at radius 1 is 1.25 bits per heavy atom. The van der Waals surface area contributed by atoms with Gasteiger partial charge in [0, 0.05) is 43.9 Å². The van der Waals surface area contributed by atoms with Crippen LogP contribution >= 0.6 is 0 Å². The Balaban J connectivity index is 1.53. The number of likely N-dealkylation sites (tertiary alicyclic amines) is 1. The Bertz CT molecular complexity index is 860. The van der Waals surface area contributed by atoms with Crippen LogP contribution in [0.15, 0.2) is 12.3 Å². The molecule has 3 heterocycles. The van der Waals surface area contributed by atoms with Gasteiger partial charge in [-0.2, -0.15) is 0 Å². The molecule has 6 heteroatoms. The van der Waals surface area contributed by atoms with Gasteiger partial charge in [-0.05, 0) is 69.6 Å². The minimum absolute atomic E-state index is 0.199. The summed E-state index contributed by atoms with van der Waals surface area (Å²) in [6.07, 6.45) is 6.94. The lowest BCUT2D eigenvalue weighted by Gasteiger charge is -2.34. The topological polar surface area (TPSA) is 67.5 Å².